The van der Waals surface area contributed by atoms with E-state index in [1.807, 2.05) is 18.2 Å². The molecule has 2 heterocycles. The fourth-order valence-corrected chi connectivity index (χ4v) is 3.07. The van der Waals surface area contributed by atoms with Crippen LogP contribution in [0, 0.1) is 0 Å². The molecule has 3 nitrogen and oxygen atoms in total. The van der Waals surface area contributed by atoms with Crippen molar-refractivity contribution >= 4 is 16.5 Å². The second kappa shape index (κ2) is 4.37. The minimum atomic E-state index is 0.0335. The van der Waals surface area contributed by atoms with Gasteiger partial charge < -0.3 is 9.64 Å². The van der Waals surface area contributed by atoms with Crippen LogP contribution >= 0.6 is 11.3 Å². The Hall–Kier alpha value is -1.39. The molecule has 18 heavy (non-hydrogen) atoms. The number of ether oxygens (including phenoxy) is 1. The Balaban J connectivity index is 1.91. The minimum Gasteiger partial charge on any atom is -0.359 e. The SMILES string of the molecule is CC1(C)COCN1c1nc(-c2ccccc2)cs1. The highest BCUT2D eigenvalue weighted by Crippen LogP contribution is 2.33. The van der Waals surface area contributed by atoms with Gasteiger partial charge in [-0.15, -0.1) is 11.3 Å². The third-order valence-corrected chi connectivity index (χ3v) is 4.06. The van der Waals surface area contributed by atoms with Crippen LogP contribution in [-0.2, 0) is 4.74 Å². The van der Waals surface area contributed by atoms with E-state index in [0.717, 1.165) is 23.0 Å². The zero-order valence-electron chi connectivity index (χ0n) is 10.6. The molecule has 0 N–H and O–H groups in total. The third-order valence-electron chi connectivity index (χ3n) is 3.20. The van der Waals surface area contributed by atoms with Gasteiger partial charge in [0.15, 0.2) is 5.13 Å². The van der Waals surface area contributed by atoms with E-state index in [0.29, 0.717) is 6.73 Å². The summed E-state index contributed by atoms with van der Waals surface area (Å²) < 4.78 is 5.53. The molecule has 0 saturated carbocycles. The van der Waals surface area contributed by atoms with Crippen LogP contribution in [0.4, 0.5) is 5.13 Å². The van der Waals surface area contributed by atoms with Crippen LogP contribution in [-0.4, -0.2) is 23.9 Å². The topological polar surface area (TPSA) is 25.4 Å². The maximum Gasteiger partial charge on any atom is 0.188 e. The van der Waals surface area contributed by atoms with Gasteiger partial charge in [-0.3, -0.25) is 0 Å². The number of benzene rings is 1. The number of hydrogen-bond acceptors (Lipinski definition) is 4. The summed E-state index contributed by atoms with van der Waals surface area (Å²) in [6.45, 7) is 5.76. The van der Waals surface area contributed by atoms with Crippen LogP contribution in [0.15, 0.2) is 35.7 Å². The molecule has 1 aliphatic rings. The Labute approximate surface area is 111 Å². The summed E-state index contributed by atoms with van der Waals surface area (Å²) in [5.74, 6) is 0. The first-order chi connectivity index (χ1) is 8.67. The minimum absolute atomic E-state index is 0.0335. The number of thiazole rings is 1. The first-order valence-corrected chi connectivity index (χ1v) is 6.91. The molecule has 0 amide bonds. The first-order valence-electron chi connectivity index (χ1n) is 6.03. The van der Waals surface area contributed by atoms with Gasteiger partial charge in [-0.25, -0.2) is 4.98 Å². The van der Waals surface area contributed by atoms with Crippen LogP contribution in [0.5, 0.6) is 0 Å². The largest absolute Gasteiger partial charge is 0.359 e. The fraction of sp³-hybridized carbons (Fsp3) is 0.357. The summed E-state index contributed by atoms with van der Waals surface area (Å²) in [5.41, 5.74) is 2.24. The highest BCUT2D eigenvalue weighted by Gasteiger charge is 2.34. The van der Waals surface area contributed by atoms with Gasteiger partial charge in [0.1, 0.15) is 6.73 Å². The lowest BCUT2D eigenvalue weighted by molar-refractivity contribution is 0.184. The van der Waals surface area contributed by atoms with E-state index in [1.54, 1.807) is 11.3 Å². The molecule has 0 bridgehead atoms. The molecule has 1 fully saturated rings. The Bertz CT molecular complexity index is 536. The first kappa shape index (κ1) is 11.7. The van der Waals surface area contributed by atoms with Crippen LogP contribution in [0.1, 0.15) is 13.8 Å². The van der Waals surface area contributed by atoms with E-state index in [2.05, 4.69) is 36.3 Å². The molecular formula is C14H16N2OS. The second-order valence-corrected chi connectivity index (χ2v) is 5.94. The molecule has 1 aliphatic heterocycles. The van der Waals surface area contributed by atoms with Crippen molar-refractivity contribution in [3.8, 4) is 11.3 Å². The Morgan fingerprint density at radius 2 is 2.06 bits per heavy atom. The van der Waals surface area contributed by atoms with Gasteiger partial charge in [0.05, 0.1) is 17.8 Å². The highest BCUT2D eigenvalue weighted by molar-refractivity contribution is 7.14. The van der Waals surface area contributed by atoms with E-state index in [4.69, 9.17) is 9.72 Å². The van der Waals surface area contributed by atoms with Crippen molar-refractivity contribution in [2.24, 2.45) is 0 Å². The molecular weight excluding hydrogens is 244 g/mol. The van der Waals surface area contributed by atoms with Gasteiger partial charge >= 0.3 is 0 Å². The molecule has 0 aliphatic carbocycles. The van der Waals surface area contributed by atoms with Gasteiger partial charge in [0, 0.05) is 10.9 Å². The zero-order chi connectivity index (χ0) is 12.6. The number of nitrogens with zero attached hydrogens (tertiary/aromatic N) is 2. The molecule has 4 heteroatoms. The third kappa shape index (κ3) is 2.02. The summed E-state index contributed by atoms with van der Waals surface area (Å²) in [4.78, 5) is 6.95. The van der Waals surface area contributed by atoms with Crippen molar-refractivity contribution in [3.63, 3.8) is 0 Å². The summed E-state index contributed by atoms with van der Waals surface area (Å²) >= 11 is 1.68. The van der Waals surface area contributed by atoms with E-state index in [-0.39, 0.29) is 5.54 Å². The van der Waals surface area contributed by atoms with Crippen LogP contribution < -0.4 is 4.90 Å². The molecule has 0 atom stereocenters. The van der Waals surface area contributed by atoms with E-state index in [9.17, 15) is 0 Å². The summed E-state index contributed by atoms with van der Waals surface area (Å²) in [5, 5.41) is 3.15. The summed E-state index contributed by atoms with van der Waals surface area (Å²) in [7, 11) is 0. The Kier molecular flexibility index (Phi) is 2.84. The molecule has 94 valence electrons. The van der Waals surface area contributed by atoms with Gasteiger partial charge in [0.25, 0.3) is 0 Å². The molecule has 3 rings (SSSR count). The van der Waals surface area contributed by atoms with E-state index in [1.165, 1.54) is 0 Å². The molecule has 1 saturated heterocycles. The quantitative estimate of drug-likeness (QED) is 0.827. The van der Waals surface area contributed by atoms with Gasteiger partial charge in [0.2, 0.25) is 0 Å². The van der Waals surface area contributed by atoms with E-state index >= 15 is 0 Å². The molecule has 0 spiro atoms. The highest BCUT2D eigenvalue weighted by atomic mass is 32.1. The maximum atomic E-state index is 5.53. The average molecular weight is 260 g/mol. The van der Waals surface area contributed by atoms with Crippen LogP contribution in [0.25, 0.3) is 11.3 Å². The molecule has 0 radical (unpaired) electrons. The van der Waals surface area contributed by atoms with Crippen molar-refractivity contribution in [1.29, 1.82) is 0 Å². The lowest BCUT2D eigenvalue weighted by Gasteiger charge is -2.28. The lowest BCUT2D eigenvalue weighted by Crippen LogP contribution is -2.40. The van der Waals surface area contributed by atoms with Crippen molar-refractivity contribution in [1.82, 2.24) is 4.98 Å². The van der Waals surface area contributed by atoms with Crippen LogP contribution in [0.2, 0.25) is 0 Å². The Morgan fingerprint density at radius 3 is 2.72 bits per heavy atom. The Morgan fingerprint density at radius 1 is 1.28 bits per heavy atom. The predicted molar refractivity (Wildman–Crippen MR) is 74.9 cm³/mol. The summed E-state index contributed by atoms with van der Waals surface area (Å²) in [6, 6.07) is 10.3. The fourth-order valence-electron chi connectivity index (χ4n) is 2.08. The number of rotatable bonds is 2. The molecule has 1 aromatic heterocycles. The number of anilines is 1. The normalized spacial score (nSPS) is 18.2. The van der Waals surface area contributed by atoms with Gasteiger partial charge in [-0.05, 0) is 13.8 Å². The second-order valence-electron chi connectivity index (χ2n) is 5.10. The molecule has 0 unspecified atom stereocenters. The summed E-state index contributed by atoms with van der Waals surface area (Å²) in [6.07, 6.45) is 0. The van der Waals surface area contributed by atoms with Crippen molar-refractivity contribution in [3.05, 3.63) is 35.7 Å². The number of hydrogen-bond donors (Lipinski definition) is 0. The van der Waals surface area contributed by atoms with Crippen molar-refractivity contribution in [2.45, 2.75) is 19.4 Å². The zero-order valence-corrected chi connectivity index (χ0v) is 11.4. The molecule has 2 aromatic rings. The predicted octanol–water partition coefficient (Wildman–Crippen LogP) is 3.38. The van der Waals surface area contributed by atoms with E-state index < -0.39 is 0 Å². The smallest absolute Gasteiger partial charge is 0.188 e. The lowest BCUT2D eigenvalue weighted by atomic mass is 10.1. The van der Waals surface area contributed by atoms with Gasteiger partial charge in [-0.2, -0.15) is 0 Å². The maximum absolute atomic E-state index is 5.53. The molecule has 1 aromatic carbocycles. The van der Waals surface area contributed by atoms with Crippen molar-refractivity contribution in [2.75, 3.05) is 18.2 Å². The van der Waals surface area contributed by atoms with Crippen LogP contribution in [0.3, 0.4) is 0 Å². The van der Waals surface area contributed by atoms with Gasteiger partial charge in [-0.1, -0.05) is 30.3 Å². The monoisotopic (exact) mass is 260 g/mol. The standard InChI is InChI=1S/C14H16N2OS/c1-14(2)9-17-10-16(14)13-15-12(8-18-13)11-6-4-3-5-7-11/h3-8H,9-10H2,1-2H3. The van der Waals surface area contributed by atoms with Crippen molar-refractivity contribution < 1.29 is 4.74 Å². The average Bonchev–Trinajstić information content (AvgIpc) is 2.96. The number of aromatic nitrogens is 1.